The predicted octanol–water partition coefficient (Wildman–Crippen LogP) is 2.60. The summed E-state index contributed by atoms with van der Waals surface area (Å²) in [5, 5.41) is 12.7. The second kappa shape index (κ2) is 5.81. The van der Waals surface area contributed by atoms with E-state index in [0.29, 0.717) is 16.6 Å². The Morgan fingerprint density at radius 2 is 1.96 bits per heavy atom. The summed E-state index contributed by atoms with van der Waals surface area (Å²) in [7, 11) is 0. The lowest BCUT2D eigenvalue weighted by atomic mass is 10.2. The zero-order valence-electron chi connectivity index (χ0n) is 13.4. The molecule has 1 aliphatic carbocycles. The first-order valence-corrected chi connectivity index (χ1v) is 8.21. The molecule has 7 heteroatoms. The van der Waals surface area contributed by atoms with Gasteiger partial charge in [-0.05, 0) is 25.8 Å². The van der Waals surface area contributed by atoms with Crippen molar-refractivity contribution in [3.05, 3.63) is 51.7 Å². The van der Waals surface area contributed by atoms with E-state index in [9.17, 15) is 9.18 Å². The monoisotopic (exact) mass is 327 g/mol. The summed E-state index contributed by atoms with van der Waals surface area (Å²) in [6.07, 6.45) is 4.12. The molecule has 0 atom stereocenters. The maximum Gasteiger partial charge on any atom is 0.298 e. The SMILES string of the molecule is Cc1c2nnn(C3CCCC3)c(=O)c2nn1Cc1ccccc1F. The summed E-state index contributed by atoms with van der Waals surface area (Å²) in [5.41, 5.74) is 1.84. The van der Waals surface area contributed by atoms with Crippen molar-refractivity contribution >= 4 is 11.0 Å². The van der Waals surface area contributed by atoms with Crippen molar-refractivity contribution in [3.8, 4) is 0 Å². The Morgan fingerprint density at radius 3 is 2.71 bits per heavy atom. The Balaban J connectivity index is 1.78. The molecule has 1 saturated carbocycles. The van der Waals surface area contributed by atoms with E-state index in [-0.39, 0.29) is 24.0 Å². The molecular weight excluding hydrogens is 309 g/mol. The van der Waals surface area contributed by atoms with Gasteiger partial charge in [0.25, 0.3) is 5.56 Å². The van der Waals surface area contributed by atoms with Crippen molar-refractivity contribution in [2.24, 2.45) is 0 Å². The summed E-state index contributed by atoms with van der Waals surface area (Å²) >= 11 is 0. The summed E-state index contributed by atoms with van der Waals surface area (Å²) in [4.78, 5) is 12.7. The predicted molar refractivity (Wildman–Crippen MR) is 87.3 cm³/mol. The molecule has 0 N–H and O–H groups in total. The molecule has 0 bridgehead atoms. The van der Waals surface area contributed by atoms with E-state index in [1.165, 1.54) is 10.7 Å². The van der Waals surface area contributed by atoms with Crippen LogP contribution in [-0.2, 0) is 6.54 Å². The summed E-state index contributed by atoms with van der Waals surface area (Å²) in [6.45, 7) is 2.09. The zero-order valence-corrected chi connectivity index (χ0v) is 13.4. The minimum Gasteiger partial charge on any atom is -0.265 e. The molecule has 0 radical (unpaired) electrons. The second-order valence-corrected chi connectivity index (χ2v) is 6.31. The van der Waals surface area contributed by atoms with Gasteiger partial charge >= 0.3 is 0 Å². The van der Waals surface area contributed by atoms with Crippen LogP contribution in [0, 0.1) is 12.7 Å². The van der Waals surface area contributed by atoms with Crippen LogP contribution in [-0.4, -0.2) is 24.8 Å². The highest BCUT2D eigenvalue weighted by atomic mass is 19.1. The fourth-order valence-electron chi connectivity index (χ4n) is 3.37. The lowest BCUT2D eigenvalue weighted by Crippen LogP contribution is -2.27. The standard InChI is InChI=1S/C17H18FN5O/c1-11-15-16(17(24)23(21-19-15)13-7-3-4-8-13)20-22(11)10-12-6-2-5-9-14(12)18/h2,5-6,9,13H,3-4,7-8,10H2,1H3. The van der Waals surface area contributed by atoms with Gasteiger partial charge in [-0.3, -0.25) is 9.48 Å². The van der Waals surface area contributed by atoms with Crippen LogP contribution in [0.1, 0.15) is 43.0 Å². The van der Waals surface area contributed by atoms with Crippen molar-refractivity contribution in [2.45, 2.75) is 45.2 Å². The van der Waals surface area contributed by atoms with Gasteiger partial charge in [-0.2, -0.15) is 5.10 Å². The number of rotatable bonds is 3. The molecule has 0 spiro atoms. The molecular formula is C17H18FN5O. The Morgan fingerprint density at radius 1 is 1.21 bits per heavy atom. The number of hydrogen-bond acceptors (Lipinski definition) is 4. The molecule has 2 heterocycles. The van der Waals surface area contributed by atoms with Gasteiger partial charge in [0, 0.05) is 5.56 Å². The molecule has 1 fully saturated rings. The topological polar surface area (TPSA) is 65.6 Å². The summed E-state index contributed by atoms with van der Waals surface area (Å²) in [5.74, 6) is -0.286. The number of fused-ring (bicyclic) bond motifs is 1. The highest BCUT2D eigenvalue weighted by Gasteiger charge is 2.22. The first-order chi connectivity index (χ1) is 11.6. The molecule has 3 aromatic rings. The lowest BCUT2D eigenvalue weighted by molar-refractivity contribution is 0.428. The largest absolute Gasteiger partial charge is 0.298 e. The number of benzene rings is 1. The quantitative estimate of drug-likeness (QED) is 0.742. The van der Waals surface area contributed by atoms with E-state index in [4.69, 9.17) is 0 Å². The molecule has 124 valence electrons. The summed E-state index contributed by atoms with van der Waals surface area (Å²) < 4.78 is 17.0. The number of aryl methyl sites for hydroxylation is 1. The van der Waals surface area contributed by atoms with Crippen molar-refractivity contribution in [1.29, 1.82) is 0 Å². The Kier molecular flexibility index (Phi) is 3.63. The van der Waals surface area contributed by atoms with E-state index < -0.39 is 0 Å². The van der Waals surface area contributed by atoms with Crippen molar-refractivity contribution < 1.29 is 4.39 Å². The van der Waals surface area contributed by atoms with Gasteiger partial charge < -0.3 is 0 Å². The van der Waals surface area contributed by atoms with Crippen LogP contribution in [0.25, 0.3) is 11.0 Å². The average Bonchev–Trinajstić information content (AvgIpc) is 3.20. The Labute approximate surface area is 137 Å². The van der Waals surface area contributed by atoms with Gasteiger partial charge in [-0.25, -0.2) is 9.07 Å². The van der Waals surface area contributed by atoms with Crippen LogP contribution in [0.4, 0.5) is 4.39 Å². The maximum atomic E-state index is 13.9. The van der Waals surface area contributed by atoms with Gasteiger partial charge in [0.2, 0.25) is 0 Å². The van der Waals surface area contributed by atoms with Crippen molar-refractivity contribution in [3.63, 3.8) is 0 Å². The maximum absolute atomic E-state index is 13.9. The normalized spacial score (nSPS) is 15.4. The molecule has 0 unspecified atom stereocenters. The van der Waals surface area contributed by atoms with Gasteiger partial charge in [0.05, 0.1) is 18.3 Å². The number of nitrogens with zero attached hydrogens (tertiary/aromatic N) is 5. The van der Waals surface area contributed by atoms with Crippen LogP contribution >= 0.6 is 0 Å². The third-order valence-corrected chi connectivity index (χ3v) is 4.78. The fraction of sp³-hybridized carbons (Fsp3) is 0.412. The molecule has 0 amide bonds. The molecule has 4 rings (SSSR count). The number of aromatic nitrogens is 5. The second-order valence-electron chi connectivity index (χ2n) is 6.31. The number of hydrogen-bond donors (Lipinski definition) is 0. The van der Waals surface area contributed by atoms with E-state index in [1.54, 1.807) is 22.9 Å². The minimum atomic E-state index is -0.286. The third-order valence-electron chi connectivity index (χ3n) is 4.78. The van der Waals surface area contributed by atoms with Crippen LogP contribution in [0.5, 0.6) is 0 Å². The summed E-state index contributed by atoms with van der Waals surface area (Å²) in [6, 6.07) is 6.68. The van der Waals surface area contributed by atoms with Crippen LogP contribution in [0.3, 0.4) is 0 Å². The molecule has 1 aliphatic rings. The smallest absolute Gasteiger partial charge is 0.265 e. The first-order valence-electron chi connectivity index (χ1n) is 8.21. The highest BCUT2D eigenvalue weighted by molar-refractivity contribution is 5.75. The average molecular weight is 327 g/mol. The van der Waals surface area contributed by atoms with E-state index in [1.807, 2.05) is 6.92 Å². The first kappa shape index (κ1) is 15.0. The molecule has 2 aromatic heterocycles. The minimum absolute atomic E-state index is 0.117. The molecule has 0 aliphatic heterocycles. The highest BCUT2D eigenvalue weighted by Crippen LogP contribution is 2.27. The molecule has 0 saturated heterocycles. The Hall–Kier alpha value is -2.57. The van der Waals surface area contributed by atoms with E-state index in [2.05, 4.69) is 15.4 Å². The molecule has 6 nitrogen and oxygen atoms in total. The Bertz CT molecular complexity index is 955. The van der Waals surface area contributed by atoms with Gasteiger partial charge in [0.15, 0.2) is 5.52 Å². The number of halogens is 1. The fourth-order valence-corrected chi connectivity index (χ4v) is 3.37. The lowest BCUT2D eigenvalue weighted by Gasteiger charge is -2.09. The van der Waals surface area contributed by atoms with Crippen LogP contribution < -0.4 is 5.56 Å². The van der Waals surface area contributed by atoms with Gasteiger partial charge in [0.1, 0.15) is 11.3 Å². The van der Waals surface area contributed by atoms with Crippen LogP contribution in [0.15, 0.2) is 29.1 Å². The van der Waals surface area contributed by atoms with E-state index >= 15 is 0 Å². The van der Waals surface area contributed by atoms with Crippen molar-refractivity contribution in [2.75, 3.05) is 0 Å². The zero-order chi connectivity index (χ0) is 16.7. The van der Waals surface area contributed by atoms with Crippen molar-refractivity contribution in [1.82, 2.24) is 24.8 Å². The molecule has 24 heavy (non-hydrogen) atoms. The van der Waals surface area contributed by atoms with Gasteiger partial charge in [-0.15, -0.1) is 5.10 Å². The van der Waals surface area contributed by atoms with E-state index in [0.717, 1.165) is 31.4 Å². The molecule has 1 aromatic carbocycles. The third kappa shape index (κ3) is 2.40. The van der Waals surface area contributed by atoms with Gasteiger partial charge in [-0.1, -0.05) is 36.3 Å². The van der Waals surface area contributed by atoms with Crippen LogP contribution in [0.2, 0.25) is 0 Å².